The number of halogens is 3. The molecule has 22 heavy (non-hydrogen) atoms. The molecule has 122 valence electrons. The van der Waals surface area contributed by atoms with Gasteiger partial charge in [0.15, 0.2) is 9.73 Å². The van der Waals surface area contributed by atoms with E-state index in [1.807, 2.05) is 0 Å². The molecule has 0 aliphatic carbocycles. The number of rotatable bonds is 3. The van der Waals surface area contributed by atoms with E-state index in [1.165, 1.54) is 23.1 Å². The van der Waals surface area contributed by atoms with Gasteiger partial charge in [0.05, 0.1) is 4.90 Å². The van der Waals surface area contributed by atoms with Crippen molar-refractivity contribution in [1.82, 2.24) is 4.90 Å². The van der Waals surface area contributed by atoms with Crippen LogP contribution in [0.5, 0.6) is 0 Å². The normalized spacial score (nSPS) is 18.6. The first-order chi connectivity index (χ1) is 10.3. The quantitative estimate of drug-likeness (QED) is 0.853. The summed E-state index contributed by atoms with van der Waals surface area (Å²) in [5.41, 5.74) is -5.02. The number of alkyl halides is 3. The molecule has 1 saturated heterocycles. The molecule has 1 aromatic carbocycles. The number of hydrogen-bond donors (Lipinski definition) is 0. The minimum absolute atomic E-state index is 0.422. The van der Waals surface area contributed by atoms with Crippen molar-refractivity contribution >= 4 is 15.6 Å². The van der Waals surface area contributed by atoms with Crippen LogP contribution < -0.4 is 0 Å². The molecule has 4 nitrogen and oxygen atoms in total. The lowest BCUT2D eigenvalue weighted by Gasteiger charge is -2.26. The van der Waals surface area contributed by atoms with Gasteiger partial charge in [-0.3, -0.25) is 4.79 Å². The Bertz CT molecular complexity index is 631. The van der Waals surface area contributed by atoms with Gasteiger partial charge in [0, 0.05) is 13.1 Å². The Morgan fingerprint density at radius 3 is 2.27 bits per heavy atom. The zero-order chi connectivity index (χ0) is 16.2. The fourth-order valence-corrected chi connectivity index (χ4v) is 3.66. The molecule has 1 aliphatic heterocycles. The second-order valence-corrected chi connectivity index (χ2v) is 7.26. The van der Waals surface area contributed by atoms with Crippen LogP contribution in [-0.2, 0) is 14.5 Å². The molecule has 0 N–H and O–H groups in total. The van der Waals surface area contributed by atoms with E-state index in [-0.39, 0.29) is 0 Å². The fraction of sp³-hybridized carbons (Fsp3) is 0.500. The Labute approximate surface area is 127 Å². The van der Waals surface area contributed by atoms with Crippen LogP contribution in [0, 0.1) is 0 Å². The van der Waals surface area contributed by atoms with Crippen molar-refractivity contribution in [3.05, 3.63) is 30.3 Å². The number of carbonyl (C=O) groups is 1. The second kappa shape index (κ2) is 6.68. The van der Waals surface area contributed by atoms with E-state index in [9.17, 15) is 22.2 Å². The summed E-state index contributed by atoms with van der Waals surface area (Å²) in [5, 5.41) is 0. The Hall–Kier alpha value is -1.57. The molecular weight excluding hydrogens is 317 g/mol. The van der Waals surface area contributed by atoms with Crippen molar-refractivity contribution in [3.8, 4) is 0 Å². The zero-order valence-electron chi connectivity index (χ0n) is 11.9. The number of piperidine rings is 1. The molecule has 1 amide bonds. The number of benzene rings is 1. The maximum absolute atomic E-state index is 13.2. The Balaban J connectivity index is 2.27. The van der Waals surface area contributed by atoms with Crippen molar-refractivity contribution in [2.75, 3.05) is 19.6 Å². The largest absolute Gasteiger partial charge is 0.483 e. The number of hydrogen-bond acceptors (Lipinski definition) is 3. The van der Waals surface area contributed by atoms with Gasteiger partial charge in [0.2, 0.25) is 5.91 Å². The predicted molar refractivity (Wildman–Crippen MR) is 76.6 cm³/mol. The van der Waals surface area contributed by atoms with Crippen LogP contribution in [0.4, 0.5) is 13.2 Å². The van der Waals surface area contributed by atoms with E-state index < -0.39 is 32.6 Å². The predicted octanol–water partition coefficient (Wildman–Crippen LogP) is 3.05. The van der Waals surface area contributed by atoms with Gasteiger partial charge in [0.1, 0.15) is 6.54 Å². The maximum atomic E-state index is 13.2. The third-order valence-electron chi connectivity index (χ3n) is 3.47. The minimum Gasteiger partial charge on any atom is -0.341 e. The number of amides is 1. The molecule has 1 unspecified atom stereocenters. The summed E-state index contributed by atoms with van der Waals surface area (Å²) in [6.07, 6.45) is 2.67. The molecule has 1 aromatic rings. The van der Waals surface area contributed by atoms with E-state index >= 15 is 0 Å². The molecule has 1 heterocycles. The molecule has 8 heteroatoms. The van der Waals surface area contributed by atoms with Crippen LogP contribution in [0.3, 0.4) is 0 Å². The Morgan fingerprint density at radius 2 is 1.73 bits per heavy atom. The summed E-state index contributed by atoms with van der Waals surface area (Å²) < 4.78 is 55.2. The average molecular weight is 334 g/mol. The molecule has 1 aliphatic rings. The van der Waals surface area contributed by atoms with Crippen molar-refractivity contribution in [1.29, 1.82) is 0 Å². The second-order valence-electron chi connectivity index (χ2n) is 5.01. The summed E-state index contributed by atoms with van der Waals surface area (Å²) in [4.78, 5) is 13.0. The SMILES string of the molecule is O=C(CN=S(=O)(c1ccccc1)C(F)(F)F)N1CCCCC1. The van der Waals surface area contributed by atoms with Crippen LogP contribution >= 0.6 is 0 Å². The molecule has 2 rings (SSSR count). The van der Waals surface area contributed by atoms with Gasteiger partial charge in [-0.25, -0.2) is 8.57 Å². The average Bonchev–Trinajstić information content (AvgIpc) is 2.53. The molecular formula is C14H17F3N2O2S. The first-order valence-electron chi connectivity index (χ1n) is 6.97. The van der Waals surface area contributed by atoms with Gasteiger partial charge in [-0.1, -0.05) is 18.2 Å². The number of likely N-dealkylation sites (tertiary alicyclic amines) is 1. The lowest BCUT2D eigenvalue weighted by Crippen LogP contribution is -2.37. The molecule has 0 spiro atoms. The van der Waals surface area contributed by atoms with Gasteiger partial charge in [-0.15, -0.1) is 0 Å². The first kappa shape index (κ1) is 16.8. The molecule has 1 atom stereocenters. The van der Waals surface area contributed by atoms with Crippen molar-refractivity contribution in [3.63, 3.8) is 0 Å². The number of carbonyl (C=O) groups excluding carboxylic acids is 1. The van der Waals surface area contributed by atoms with E-state index in [4.69, 9.17) is 0 Å². The van der Waals surface area contributed by atoms with E-state index in [1.54, 1.807) is 0 Å². The summed E-state index contributed by atoms with van der Waals surface area (Å²) in [7, 11) is -4.64. The van der Waals surface area contributed by atoms with Crippen LogP contribution in [0.1, 0.15) is 19.3 Å². The van der Waals surface area contributed by atoms with Crippen molar-refractivity contribution < 1.29 is 22.2 Å². The summed E-state index contributed by atoms with van der Waals surface area (Å²) in [6.45, 7) is 0.326. The monoisotopic (exact) mass is 334 g/mol. The molecule has 0 radical (unpaired) electrons. The zero-order valence-corrected chi connectivity index (χ0v) is 12.7. The van der Waals surface area contributed by atoms with Crippen LogP contribution in [0.15, 0.2) is 39.6 Å². The first-order valence-corrected chi connectivity index (χ1v) is 8.48. The van der Waals surface area contributed by atoms with Crippen LogP contribution in [-0.4, -0.2) is 40.2 Å². The Morgan fingerprint density at radius 1 is 1.14 bits per heavy atom. The van der Waals surface area contributed by atoms with Crippen LogP contribution in [0.2, 0.25) is 0 Å². The fourth-order valence-electron chi connectivity index (χ4n) is 2.28. The lowest BCUT2D eigenvalue weighted by atomic mass is 10.1. The highest BCUT2D eigenvalue weighted by atomic mass is 32.2. The topological polar surface area (TPSA) is 49.7 Å². The summed E-state index contributed by atoms with van der Waals surface area (Å²) in [6, 6.07) is 6.49. The summed E-state index contributed by atoms with van der Waals surface area (Å²) >= 11 is 0. The molecule has 0 aromatic heterocycles. The molecule has 0 saturated carbocycles. The molecule has 0 bridgehead atoms. The summed E-state index contributed by atoms with van der Waals surface area (Å²) in [5.74, 6) is -0.507. The van der Waals surface area contributed by atoms with E-state index in [0.29, 0.717) is 13.1 Å². The van der Waals surface area contributed by atoms with Gasteiger partial charge in [-0.2, -0.15) is 13.2 Å². The third-order valence-corrected chi connectivity index (χ3v) is 5.50. The van der Waals surface area contributed by atoms with Crippen molar-refractivity contribution in [2.45, 2.75) is 29.7 Å². The number of nitrogens with zero attached hydrogens (tertiary/aromatic N) is 2. The smallest absolute Gasteiger partial charge is 0.341 e. The Kier molecular flexibility index (Phi) is 5.10. The van der Waals surface area contributed by atoms with Gasteiger partial charge in [-0.05, 0) is 31.4 Å². The highest BCUT2D eigenvalue weighted by molar-refractivity contribution is 7.94. The maximum Gasteiger partial charge on any atom is 0.483 e. The third kappa shape index (κ3) is 3.60. The lowest BCUT2D eigenvalue weighted by molar-refractivity contribution is -0.130. The van der Waals surface area contributed by atoms with E-state index in [2.05, 4.69) is 4.36 Å². The van der Waals surface area contributed by atoms with Gasteiger partial charge < -0.3 is 4.90 Å². The van der Waals surface area contributed by atoms with Gasteiger partial charge >= 0.3 is 5.51 Å². The standard InChI is InChI=1S/C14H17F3N2O2S/c15-14(16,17)22(21,12-7-3-1-4-8-12)18-11-13(20)19-9-5-2-6-10-19/h1,3-4,7-8H,2,5-6,9-11H2. The van der Waals surface area contributed by atoms with Crippen LogP contribution in [0.25, 0.3) is 0 Å². The minimum atomic E-state index is -5.02. The van der Waals surface area contributed by atoms with Gasteiger partial charge in [0.25, 0.3) is 0 Å². The highest BCUT2D eigenvalue weighted by Gasteiger charge is 2.44. The van der Waals surface area contributed by atoms with Crippen molar-refractivity contribution in [2.24, 2.45) is 4.36 Å². The highest BCUT2D eigenvalue weighted by Crippen LogP contribution is 2.32. The molecule has 1 fully saturated rings. The van der Waals surface area contributed by atoms with E-state index in [0.717, 1.165) is 31.4 Å².